The van der Waals surface area contributed by atoms with Crippen molar-refractivity contribution in [2.45, 2.75) is 40.7 Å². The zero-order valence-corrected chi connectivity index (χ0v) is 13.8. The Bertz CT molecular complexity index is 781. The van der Waals surface area contributed by atoms with Crippen LogP contribution in [0.1, 0.15) is 62.3 Å². The van der Waals surface area contributed by atoms with Gasteiger partial charge < -0.3 is 14.1 Å². The van der Waals surface area contributed by atoms with Gasteiger partial charge in [0.05, 0.1) is 5.69 Å². The van der Waals surface area contributed by atoms with Gasteiger partial charge in [0.25, 0.3) is 0 Å². The number of Topliss-reactive ketones (excluding diaryl/α,β-unsaturated/α-hetero) is 2. The molecule has 0 saturated heterocycles. The minimum Gasteiger partial charge on any atom is -0.454 e. The number of aromatic amines is 1. The van der Waals surface area contributed by atoms with Crippen LogP contribution in [0.5, 0.6) is 0 Å². The summed E-state index contributed by atoms with van der Waals surface area (Å²) in [5.41, 5.74) is 1.97. The third kappa shape index (κ3) is 3.26. The first-order chi connectivity index (χ1) is 10.7. The van der Waals surface area contributed by atoms with Crippen molar-refractivity contribution >= 4 is 17.5 Å². The normalized spacial score (nSPS) is 12.0. The maximum Gasteiger partial charge on any atom is 0.374 e. The first kappa shape index (κ1) is 16.7. The molecule has 0 aliphatic heterocycles. The molecule has 23 heavy (non-hydrogen) atoms. The van der Waals surface area contributed by atoms with Gasteiger partial charge in [0.1, 0.15) is 5.76 Å². The highest BCUT2D eigenvalue weighted by Crippen LogP contribution is 2.21. The van der Waals surface area contributed by atoms with Crippen LogP contribution in [0.25, 0.3) is 0 Å². The molecule has 0 radical (unpaired) electrons. The summed E-state index contributed by atoms with van der Waals surface area (Å²) in [6.45, 7) is 8.06. The molecule has 0 fully saturated rings. The summed E-state index contributed by atoms with van der Waals surface area (Å²) in [5.74, 6) is -0.587. The van der Waals surface area contributed by atoms with Gasteiger partial charge >= 0.3 is 5.97 Å². The zero-order chi connectivity index (χ0) is 17.3. The van der Waals surface area contributed by atoms with Crippen LogP contribution in [-0.2, 0) is 4.74 Å². The van der Waals surface area contributed by atoms with Crippen molar-refractivity contribution in [3.63, 3.8) is 0 Å². The van der Waals surface area contributed by atoms with Gasteiger partial charge in [-0.25, -0.2) is 4.79 Å². The lowest BCUT2D eigenvalue weighted by atomic mass is 10.0. The Morgan fingerprint density at radius 2 is 1.83 bits per heavy atom. The van der Waals surface area contributed by atoms with E-state index in [1.807, 2.05) is 0 Å². The molecule has 6 nitrogen and oxygen atoms in total. The highest BCUT2D eigenvalue weighted by molar-refractivity contribution is 6.05. The molecule has 2 aromatic rings. The number of esters is 1. The van der Waals surface area contributed by atoms with Crippen LogP contribution in [0.3, 0.4) is 0 Å². The molecule has 1 atom stereocenters. The Morgan fingerprint density at radius 3 is 2.30 bits per heavy atom. The van der Waals surface area contributed by atoms with Crippen LogP contribution in [0, 0.1) is 20.8 Å². The van der Waals surface area contributed by atoms with E-state index in [9.17, 15) is 14.4 Å². The van der Waals surface area contributed by atoms with Gasteiger partial charge in [0, 0.05) is 11.3 Å². The number of aromatic nitrogens is 1. The van der Waals surface area contributed by atoms with E-state index in [0.717, 1.165) is 0 Å². The summed E-state index contributed by atoms with van der Waals surface area (Å²) in [5, 5.41) is 0. The molecule has 2 heterocycles. The number of ketones is 2. The van der Waals surface area contributed by atoms with E-state index in [0.29, 0.717) is 22.6 Å². The fourth-order valence-corrected chi connectivity index (χ4v) is 2.54. The van der Waals surface area contributed by atoms with Crippen LogP contribution >= 0.6 is 0 Å². The molecule has 1 N–H and O–H groups in total. The molecule has 2 aromatic heterocycles. The maximum atomic E-state index is 12.5. The standard InChI is InChI=1S/C17H19NO5/c1-8-6-7-13(22-8)17(21)23-12(5)16(20)15-9(2)14(11(4)19)10(3)18-15/h6-7,12,18H,1-5H3/t12-/m0/s1. The highest BCUT2D eigenvalue weighted by atomic mass is 16.6. The molecule has 122 valence electrons. The average molecular weight is 317 g/mol. The summed E-state index contributed by atoms with van der Waals surface area (Å²) in [4.78, 5) is 38.9. The lowest BCUT2D eigenvalue weighted by molar-refractivity contribution is 0.0286. The number of nitrogens with one attached hydrogen (secondary N) is 1. The van der Waals surface area contributed by atoms with Gasteiger partial charge in [-0.15, -0.1) is 0 Å². The van der Waals surface area contributed by atoms with Crippen molar-refractivity contribution < 1.29 is 23.5 Å². The summed E-state index contributed by atoms with van der Waals surface area (Å²) in [6, 6.07) is 3.13. The minimum absolute atomic E-state index is 0.0472. The third-order valence-corrected chi connectivity index (χ3v) is 3.63. The number of rotatable bonds is 5. The number of ether oxygens (including phenoxy) is 1. The van der Waals surface area contributed by atoms with Crippen molar-refractivity contribution in [1.82, 2.24) is 4.98 Å². The molecule has 6 heteroatoms. The molecule has 0 amide bonds. The Balaban J connectivity index is 2.19. The van der Waals surface area contributed by atoms with Gasteiger partial charge in [-0.1, -0.05) is 0 Å². The van der Waals surface area contributed by atoms with Crippen LogP contribution in [-0.4, -0.2) is 28.6 Å². The molecule has 0 aliphatic carbocycles. The number of carbonyl (C=O) groups is 3. The van der Waals surface area contributed by atoms with Crippen LogP contribution < -0.4 is 0 Å². The van der Waals surface area contributed by atoms with E-state index in [4.69, 9.17) is 9.15 Å². The number of carbonyl (C=O) groups excluding carboxylic acids is 3. The van der Waals surface area contributed by atoms with E-state index in [2.05, 4.69) is 4.98 Å². The first-order valence-corrected chi connectivity index (χ1v) is 7.24. The van der Waals surface area contributed by atoms with E-state index in [1.54, 1.807) is 26.8 Å². The summed E-state index contributed by atoms with van der Waals surface area (Å²) < 4.78 is 10.3. The molecule has 2 rings (SSSR count). The Labute approximate surface area is 133 Å². The van der Waals surface area contributed by atoms with E-state index in [-0.39, 0.29) is 17.2 Å². The fourth-order valence-electron chi connectivity index (χ4n) is 2.54. The highest BCUT2D eigenvalue weighted by Gasteiger charge is 2.27. The number of hydrogen-bond donors (Lipinski definition) is 1. The molecule has 0 aliphatic rings. The van der Waals surface area contributed by atoms with E-state index >= 15 is 0 Å². The average Bonchev–Trinajstić information content (AvgIpc) is 3.01. The maximum absolute atomic E-state index is 12.5. The molecule has 0 aromatic carbocycles. The number of aryl methyl sites for hydroxylation is 2. The van der Waals surface area contributed by atoms with Crippen molar-refractivity contribution in [2.75, 3.05) is 0 Å². The van der Waals surface area contributed by atoms with Gasteiger partial charge in [-0.2, -0.15) is 0 Å². The quantitative estimate of drug-likeness (QED) is 0.676. The Hall–Kier alpha value is -2.63. The van der Waals surface area contributed by atoms with E-state index < -0.39 is 17.9 Å². The fraction of sp³-hybridized carbons (Fsp3) is 0.353. The third-order valence-electron chi connectivity index (χ3n) is 3.63. The summed E-state index contributed by atoms with van der Waals surface area (Å²) in [7, 11) is 0. The number of hydrogen-bond acceptors (Lipinski definition) is 5. The molecule has 0 saturated carbocycles. The molecular weight excluding hydrogens is 298 g/mol. The number of furan rings is 1. The minimum atomic E-state index is -0.996. The van der Waals surface area contributed by atoms with Gasteiger partial charge in [0.15, 0.2) is 11.9 Å². The molecule has 0 spiro atoms. The largest absolute Gasteiger partial charge is 0.454 e. The Morgan fingerprint density at radius 1 is 1.17 bits per heavy atom. The topological polar surface area (TPSA) is 89.4 Å². The van der Waals surface area contributed by atoms with Gasteiger partial charge in [0.2, 0.25) is 11.5 Å². The lowest BCUT2D eigenvalue weighted by Crippen LogP contribution is -2.25. The van der Waals surface area contributed by atoms with Crippen molar-refractivity contribution in [3.8, 4) is 0 Å². The predicted molar refractivity (Wildman–Crippen MR) is 82.9 cm³/mol. The van der Waals surface area contributed by atoms with Crippen molar-refractivity contribution in [1.29, 1.82) is 0 Å². The summed E-state index contributed by atoms with van der Waals surface area (Å²) >= 11 is 0. The van der Waals surface area contributed by atoms with Gasteiger partial charge in [-0.05, 0) is 52.3 Å². The SMILES string of the molecule is CC(=O)c1c(C)[nH]c(C(=O)[C@H](C)OC(=O)c2ccc(C)o2)c1C. The second-order valence-corrected chi connectivity index (χ2v) is 5.50. The van der Waals surface area contributed by atoms with Crippen molar-refractivity contribution in [3.05, 3.63) is 46.2 Å². The first-order valence-electron chi connectivity index (χ1n) is 7.24. The van der Waals surface area contributed by atoms with Crippen molar-refractivity contribution in [2.24, 2.45) is 0 Å². The number of H-pyrrole nitrogens is 1. The second kappa shape index (κ2) is 6.24. The van der Waals surface area contributed by atoms with Gasteiger partial charge in [-0.3, -0.25) is 9.59 Å². The van der Waals surface area contributed by atoms with Crippen LogP contribution in [0.15, 0.2) is 16.5 Å². The van der Waals surface area contributed by atoms with E-state index in [1.165, 1.54) is 19.9 Å². The van der Waals surface area contributed by atoms with Crippen LogP contribution in [0.2, 0.25) is 0 Å². The second-order valence-electron chi connectivity index (χ2n) is 5.50. The molecule has 0 bridgehead atoms. The lowest BCUT2D eigenvalue weighted by Gasteiger charge is -2.11. The molecule has 0 unspecified atom stereocenters. The zero-order valence-electron chi connectivity index (χ0n) is 13.8. The monoisotopic (exact) mass is 317 g/mol. The smallest absolute Gasteiger partial charge is 0.374 e. The molecular formula is C17H19NO5. The summed E-state index contributed by atoms with van der Waals surface area (Å²) in [6.07, 6.45) is -0.996. The predicted octanol–water partition coefficient (Wildman–Crippen LogP) is 3.16. The van der Waals surface area contributed by atoms with Crippen LogP contribution in [0.4, 0.5) is 0 Å². The Kier molecular flexibility index (Phi) is 4.54.